The number of aryl methyl sites for hydroxylation is 2. The van der Waals surface area contributed by atoms with Crippen molar-refractivity contribution in [2.24, 2.45) is 7.05 Å². The SMILES string of the molecule is [C-]#[N+]c1ccc2c(oc3c(-c4ccc(C5CCCC5)c(C)[n+]4C)c(C)ccc32)c1-c1ccc(C)cc1. The minimum Gasteiger partial charge on any atom is -0.456 e. The molecule has 3 heteroatoms. The van der Waals surface area contributed by atoms with Gasteiger partial charge < -0.3 is 4.42 Å². The van der Waals surface area contributed by atoms with E-state index in [1.54, 1.807) is 0 Å². The highest BCUT2D eigenvalue weighted by Crippen LogP contribution is 2.44. The fraction of sp³-hybridized carbons (Fsp3) is 0.273. The van der Waals surface area contributed by atoms with E-state index < -0.39 is 0 Å². The Morgan fingerprint density at radius 1 is 0.806 bits per heavy atom. The molecule has 6 rings (SSSR count). The van der Waals surface area contributed by atoms with Gasteiger partial charge in [0.25, 0.3) is 0 Å². The maximum atomic E-state index is 7.82. The van der Waals surface area contributed by atoms with Gasteiger partial charge >= 0.3 is 0 Å². The van der Waals surface area contributed by atoms with Gasteiger partial charge in [0.1, 0.15) is 18.2 Å². The molecule has 2 aromatic heterocycles. The van der Waals surface area contributed by atoms with Crippen LogP contribution in [0, 0.1) is 27.3 Å². The summed E-state index contributed by atoms with van der Waals surface area (Å²) in [6.45, 7) is 14.3. The zero-order valence-electron chi connectivity index (χ0n) is 21.5. The van der Waals surface area contributed by atoms with Crippen molar-refractivity contribution in [2.45, 2.75) is 52.4 Å². The number of furan rings is 1. The summed E-state index contributed by atoms with van der Waals surface area (Å²) < 4.78 is 9.09. The van der Waals surface area contributed by atoms with Crippen LogP contribution in [0.15, 0.2) is 65.1 Å². The first-order valence-corrected chi connectivity index (χ1v) is 12.9. The van der Waals surface area contributed by atoms with Crippen LogP contribution in [0.4, 0.5) is 5.69 Å². The summed E-state index contributed by atoms with van der Waals surface area (Å²) in [5.41, 5.74) is 11.7. The van der Waals surface area contributed by atoms with Crippen LogP contribution in [0.5, 0.6) is 0 Å². The van der Waals surface area contributed by atoms with Gasteiger partial charge in [-0.05, 0) is 49.8 Å². The molecule has 1 saturated carbocycles. The fourth-order valence-corrected chi connectivity index (χ4v) is 6.10. The third-order valence-corrected chi connectivity index (χ3v) is 8.21. The average Bonchev–Trinajstić information content (AvgIpc) is 3.54. The lowest BCUT2D eigenvalue weighted by molar-refractivity contribution is -0.667. The Labute approximate surface area is 212 Å². The molecule has 0 saturated heterocycles. The molecule has 0 radical (unpaired) electrons. The number of aromatic nitrogens is 1. The third-order valence-electron chi connectivity index (χ3n) is 8.21. The van der Waals surface area contributed by atoms with E-state index in [1.165, 1.54) is 53.8 Å². The second-order valence-electron chi connectivity index (χ2n) is 10.4. The topological polar surface area (TPSA) is 21.4 Å². The van der Waals surface area contributed by atoms with Gasteiger partial charge in [-0.25, -0.2) is 4.85 Å². The lowest BCUT2D eigenvalue weighted by Crippen LogP contribution is -2.36. The number of hydrogen-bond acceptors (Lipinski definition) is 1. The van der Waals surface area contributed by atoms with Crippen LogP contribution in [0.3, 0.4) is 0 Å². The van der Waals surface area contributed by atoms with E-state index in [1.807, 2.05) is 12.1 Å². The van der Waals surface area contributed by atoms with Crippen LogP contribution in [0.2, 0.25) is 0 Å². The Balaban J connectivity index is 1.62. The van der Waals surface area contributed by atoms with Crippen molar-refractivity contribution in [3.05, 3.63) is 94.5 Å². The van der Waals surface area contributed by atoms with Crippen molar-refractivity contribution in [3.63, 3.8) is 0 Å². The molecule has 0 atom stereocenters. The molecule has 1 aliphatic rings. The zero-order chi connectivity index (χ0) is 25.0. The van der Waals surface area contributed by atoms with Gasteiger partial charge in [-0.15, -0.1) is 0 Å². The summed E-state index contributed by atoms with van der Waals surface area (Å²) in [6.07, 6.45) is 5.26. The molecule has 0 N–H and O–H groups in total. The summed E-state index contributed by atoms with van der Waals surface area (Å²) in [5, 5.41) is 2.14. The van der Waals surface area contributed by atoms with Crippen LogP contribution < -0.4 is 4.57 Å². The monoisotopic (exact) mass is 471 g/mol. The molecular formula is C33H31N2O+. The number of fused-ring (bicyclic) bond motifs is 3. The van der Waals surface area contributed by atoms with Crippen molar-refractivity contribution in [1.82, 2.24) is 0 Å². The second kappa shape index (κ2) is 8.64. The highest BCUT2D eigenvalue weighted by molar-refractivity contribution is 6.15. The molecule has 1 fully saturated rings. The summed E-state index contributed by atoms with van der Waals surface area (Å²) in [4.78, 5) is 3.85. The molecule has 5 aromatic rings. The van der Waals surface area contributed by atoms with Crippen molar-refractivity contribution in [2.75, 3.05) is 0 Å². The number of nitrogens with zero attached hydrogens (tertiary/aromatic N) is 2. The Bertz CT molecular complexity index is 1680. The largest absolute Gasteiger partial charge is 0.456 e. The predicted molar refractivity (Wildman–Crippen MR) is 147 cm³/mol. The van der Waals surface area contributed by atoms with E-state index in [4.69, 9.17) is 11.0 Å². The first-order chi connectivity index (χ1) is 17.5. The maximum absolute atomic E-state index is 7.82. The Kier molecular flexibility index (Phi) is 5.41. The molecule has 0 spiro atoms. The Morgan fingerprint density at radius 3 is 2.17 bits per heavy atom. The average molecular weight is 472 g/mol. The smallest absolute Gasteiger partial charge is 0.216 e. The van der Waals surface area contributed by atoms with Crippen molar-refractivity contribution in [1.29, 1.82) is 0 Å². The van der Waals surface area contributed by atoms with Crippen molar-refractivity contribution >= 4 is 27.6 Å². The van der Waals surface area contributed by atoms with Crippen LogP contribution in [-0.4, -0.2) is 0 Å². The summed E-state index contributed by atoms with van der Waals surface area (Å²) in [6, 6.07) is 21.3. The minimum atomic E-state index is 0.617. The summed E-state index contributed by atoms with van der Waals surface area (Å²) in [7, 11) is 2.18. The Hall–Kier alpha value is -3.90. The lowest BCUT2D eigenvalue weighted by Gasteiger charge is -2.14. The van der Waals surface area contributed by atoms with E-state index in [0.717, 1.165) is 38.6 Å². The predicted octanol–water partition coefficient (Wildman–Crippen LogP) is 8.88. The molecule has 0 aliphatic heterocycles. The van der Waals surface area contributed by atoms with Gasteiger partial charge in [-0.1, -0.05) is 66.9 Å². The molecule has 36 heavy (non-hydrogen) atoms. The first kappa shape index (κ1) is 22.6. The molecule has 178 valence electrons. The summed E-state index contributed by atoms with van der Waals surface area (Å²) >= 11 is 0. The van der Waals surface area contributed by atoms with Gasteiger partial charge in [-0.2, -0.15) is 4.57 Å². The lowest BCUT2D eigenvalue weighted by atomic mass is 9.94. The van der Waals surface area contributed by atoms with Crippen molar-refractivity contribution < 1.29 is 8.98 Å². The minimum absolute atomic E-state index is 0.617. The highest BCUT2D eigenvalue weighted by atomic mass is 16.3. The third kappa shape index (κ3) is 3.44. The number of rotatable bonds is 3. The molecule has 0 amide bonds. The number of pyridine rings is 1. The van der Waals surface area contributed by atoms with Crippen LogP contribution >= 0.6 is 0 Å². The first-order valence-electron chi connectivity index (χ1n) is 12.9. The molecule has 0 unspecified atom stereocenters. The van der Waals surface area contributed by atoms with E-state index in [-0.39, 0.29) is 0 Å². The normalized spacial score (nSPS) is 14.1. The van der Waals surface area contributed by atoms with Crippen LogP contribution in [0.1, 0.15) is 54.0 Å². The molecular weight excluding hydrogens is 440 g/mol. The van der Waals surface area contributed by atoms with Crippen LogP contribution in [0.25, 0.3) is 49.2 Å². The van der Waals surface area contributed by atoms with E-state index in [2.05, 4.69) is 85.8 Å². The van der Waals surface area contributed by atoms with E-state index in [0.29, 0.717) is 11.6 Å². The summed E-state index contributed by atoms with van der Waals surface area (Å²) in [5.74, 6) is 0.678. The molecule has 3 aromatic carbocycles. The standard InChI is InChI=1S/C33H31N2O/c1-20-10-13-24(14-11-20)31-28(34-4)18-16-27-26-15-12-21(2)30(32(26)36-33(27)31)29-19-17-25(22(3)35(29)5)23-8-6-7-9-23/h10-19,23H,6-9H2,1-3,5H3/q+1. The zero-order valence-corrected chi connectivity index (χ0v) is 21.5. The fourth-order valence-electron chi connectivity index (χ4n) is 6.10. The highest BCUT2D eigenvalue weighted by Gasteiger charge is 2.27. The van der Waals surface area contributed by atoms with Crippen LogP contribution in [-0.2, 0) is 7.05 Å². The molecule has 1 aliphatic carbocycles. The second-order valence-corrected chi connectivity index (χ2v) is 10.4. The number of hydrogen-bond donors (Lipinski definition) is 0. The van der Waals surface area contributed by atoms with Gasteiger partial charge in [0, 0.05) is 34.9 Å². The van der Waals surface area contributed by atoms with Gasteiger partial charge in [0.05, 0.1) is 12.1 Å². The van der Waals surface area contributed by atoms with Gasteiger partial charge in [0.2, 0.25) is 5.69 Å². The molecule has 0 bridgehead atoms. The molecule has 3 nitrogen and oxygen atoms in total. The molecule has 2 heterocycles. The quantitative estimate of drug-likeness (QED) is 0.190. The maximum Gasteiger partial charge on any atom is 0.216 e. The van der Waals surface area contributed by atoms with Gasteiger partial charge in [-0.3, -0.25) is 0 Å². The van der Waals surface area contributed by atoms with Gasteiger partial charge in [0.15, 0.2) is 11.4 Å². The van der Waals surface area contributed by atoms with E-state index >= 15 is 0 Å². The van der Waals surface area contributed by atoms with Crippen molar-refractivity contribution in [3.8, 4) is 22.4 Å². The number of benzene rings is 3. The Morgan fingerprint density at radius 2 is 1.47 bits per heavy atom. The van der Waals surface area contributed by atoms with E-state index in [9.17, 15) is 0 Å².